The number of carbonyl (C=O) groups excluding carboxylic acids is 2. The normalized spacial score (nSPS) is 12.8. The predicted octanol–water partition coefficient (Wildman–Crippen LogP) is 5.18. The lowest BCUT2D eigenvalue weighted by atomic mass is 10.1. The van der Waals surface area contributed by atoms with Gasteiger partial charge in [0.2, 0.25) is 11.8 Å². The zero-order chi connectivity index (χ0) is 29.4. The number of halogens is 1. The maximum Gasteiger partial charge on any atom is 0.264 e. The Morgan fingerprint density at radius 2 is 1.68 bits per heavy atom. The Labute approximate surface area is 241 Å². The number of carbonyl (C=O) groups is 2. The van der Waals surface area contributed by atoms with Crippen molar-refractivity contribution in [3.8, 4) is 5.75 Å². The molecule has 40 heavy (non-hydrogen) atoms. The second-order valence-corrected chi connectivity index (χ2v) is 11.9. The quantitative estimate of drug-likeness (QED) is 0.316. The molecule has 0 saturated carbocycles. The maximum atomic E-state index is 14.0. The fourth-order valence-electron chi connectivity index (χ4n) is 4.05. The lowest BCUT2D eigenvalue weighted by molar-refractivity contribution is -0.139. The molecule has 3 rings (SSSR count). The highest BCUT2D eigenvalue weighted by molar-refractivity contribution is 7.92. The molecule has 10 heteroatoms. The largest absolute Gasteiger partial charge is 0.497 e. The van der Waals surface area contributed by atoms with Gasteiger partial charge in [0.05, 0.1) is 17.7 Å². The van der Waals surface area contributed by atoms with Crippen LogP contribution >= 0.6 is 11.6 Å². The third-order valence-electron chi connectivity index (χ3n) is 6.79. The van der Waals surface area contributed by atoms with Crippen molar-refractivity contribution in [3.05, 3.63) is 88.9 Å². The highest BCUT2D eigenvalue weighted by Crippen LogP contribution is 2.28. The molecule has 0 fully saturated rings. The van der Waals surface area contributed by atoms with Crippen molar-refractivity contribution in [1.29, 1.82) is 0 Å². The van der Waals surface area contributed by atoms with Crippen molar-refractivity contribution in [2.75, 3.05) is 18.0 Å². The molecule has 3 aromatic carbocycles. The van der Waals surface area contributed by atoms with Crippen LogP contribution in [-0.2, 0) is 26.2 Å². The first kappa shape index (κ1) is 31.0. The molecule has 0 saturated heterocycles. The van der Waals surface area contributed by atoms with Gasteiger partial charge >= 0.3 is 0 Å². The summed E-state index contributed by atoms with van der Waals surface area (Å²) in [5.74, 6) is -0.356. The van der Waals surface area contributed by atoms with Crippen LogP contribution in [0.2, 0.25) is 5.02 Å². The first-order chi connectivity index (χ1) is 19.0. The van der Waals surface area contributed by atoms with Crippen molar-refractivity contribution < 1.29 is 22.7 Å². The summed E-state index contributed by atoms with van der Waals surface area (Å²) in [5.41, 5.74) is 2.03. The lowest BCUT2D eigenvalue weighted by Crippen LogP contribution is -2.52. The monoisotopic (exact) mass is 585 g/mol. The molecule has 0 heterocycles. The molecule has 8 nitrogen and oxygen atoms in total. The van der Waals surface area contributed by atoms with Crippen LogP contribution in [0.5, 0.6) is 5.75 Å². The van der Waals surface area contributed by atoms with E-state index < -0.39 is 28.5 Å². The Morgan fingerprint density at radius 3 is 2.27 bits per heavy atom. The number of rotatable bonds is 12. The lowest BCUT2D eigenvalue weighted by Gasteiger charge is -2.32. The van der Waals surface area contributed by atoms with Crippen LogP contribution in [0.15, 0.2) is 77.7 Å². The average Bonchev–Trinajstić information content (AvgIpc) is 2.94. The first-order valence-electron chi connectivity index (χ1n) is 13.0. The molecule has 0 aliphatic rings. The summed E-state index contributed by atoms with van der Waals surface area (Å²) in [5, 5.41) is 3.25. The first-order valence-corrected chi connectivity index (χ1v) is 14.9. The summed E-state index contributed by atoms with van der Waals surface area (Å²) in [4.78, 5) is 28.5. The van der Waals surface area contributed by atoms with E-state index in [1.807, 2.05) is 45.0 Å². The van der Waals surface area contributed by atoms with Crippen LogP contribution in [0.4, 0.5) is 5.69 Å². The Balaban J connectivity index is 2.04. The van der Waals surface area contributed by atoms with Gasteiger partial charge in [-0.25, -0.2) is 8.42 Å². The maximum absolute atomic E-state index is 14.0. The Bertz CT molecular complexity index is 1430. The van der Waals surface area contributed by atoms with Gasteiger partial charge in [0.25, 0.3) is 10.0 Å². The van der Waals surface area contributed by atoms with Gasteiger partial charge in [0, 0.05) is 17.6 Å². The van der Waals surface area contributed by atoms with E-state index in [9.17, 15) is 18.0 Å². The molecule has 1 N–H and O–H groups in total. The van der Waals surface area contributed by atoms with E-state index in [1.165, 1.54) is 42.3 Å². The van der Waals surface area contributed by atoms with Crippen LogP contribution in [0.1, 0.15) is 38.3 Å². The molecule has 0 aliphatic carbocycles. The highest BCUT2D eigenvalue weighted by atomic mass is 35.5. The predicted molar refractivity (Wildman–Crippen MR) is 158 cm³/mol. The van der Waals surface area contributed by atoms with Gasteiger partial charge in [-0.3, -0.25) is 13.9 Å². The molecule has 0 spiro atoms. The van der Waals surface area contributed by atoms with Crippen molar-refractivity contribution in [1.82, 2.24) is 10.2 Å². The number of benzene rings is 3. The van der Waals surface area contributed by atoms with Crippen molar-refractivity contribution in [2.45, 2.75) is 57.6 Å². The third kappa shape index (κ3) is 7.55. The molecule has 2 atom stereocenters. The minimum absolute atomic E-state index is 0.0194. The van der Waals surface area contributed by atoms with Crippen molar-refractivity contribution in [2.24, 2.45) is 0 Å². The van der Waals surface area contributed by atoms with Crippen LogP contribution in [0.3, 0.4) is 0 Å². The molecule has 0 aromatic heterocycles. The van der Waals surface area contributed by atoms with Gasteiger partial charge < -0.3 is 15.0 Å². The summed E-state index contributed by atoms with van der Waals surface area (Å²) in [7, 11) is -2.72. The fourth-order valence-corrected chi connectivity index (χ4v) is 5.64. The zero-order valence-electron chi connectivity index (χ0n) is 23.4. The van der Waals surface area contributed by atoms with E-state index in [0.29, 0.717) is 10.8 Å². The highest BCUT2D eigenvalue weighted by Gasteiger charge is 2.33. The number of sulfonamides is 1. The number of ether oxygens (including phenoxy) is 1. The van der Waals surface area contributed by atoms with Gasteiger partial charge in [0.15, 0.2) is 0 Å². The van der Waals surface area contributed by atoms with E-state index in [2.05, 4.69) is 5.32 Å². The number of anilines is 1. The SMILES string of the molecule is CC[C@@H](C)NC(=O)[C@@H](C)N(Cc1ccccc1C)C(=O)CN(c1cccc(Cl)c1)S(=O)(=O)c1ccc(OC)cc1. The zero-order valence-corrected chi connectivity index (χ0v) is 25.0. The van der Waals surface area contributed by atoms with E-state index >= 15 is 0 Å². The number of hydrogen-bond acceptors (Lipinski definition) is 5. The molecule has 3 aromatic rings. The number of amides is 2. The molecule has 0 aliphatic heterocycles. The van der Waals surface area contributed by atoms with Crippen molar-refractivity contribution >= 4 is 39.1 Å². The molecule has 0 bridgehead atoms. The fraction of sp³-hybridized carbons (Fsp3) is 0.333. The minimum Gasteiger partial charge on any atom is -0.497 e. The Hall–Kier alpha value is -3.56. The van der Waals surface area contributed by atoms with E-state index in [1.54, 1.807) is 25.1 Å². The molecule has 0 unspecified atom stereocenters. The molecule has 0 radical (unpaired) electrons. The molecular weight excluding hydrogens is 550 g/mol. The summed E-state index contributed by atoms with van der Waals surface area (Å²) in [6.45, 7) is 7.01. The number of nitrogens with zero attached hydrogens (tertiary/aromatic N) is 2. The van der Waals surface area contributed by atoms with Crippen LogP contribution < -0.4 is 14.4 Å². The summed E-state index contributed by atoms with van der Waals surface area (Å²) >= 11 is 6.22. The molecular formula is C30H36ClN3O5S. The standard InChI is InChI=1S/C30H36ClN3O5S/c1-6-22(3)32-30(36)23(4)33(19-24-11-8-7-10-21(24)2)29(35)20-34(26-13-9-12-25(31)18-26)40(37,38)28-16-14-27(39-5)15-17-28/h7-18,22-23H,6,19-20H2,1-5H3,(H,32,36)/t22-,23-/m1/s1. The third-order valence-corrected chi connectivity index (χ3v) is 8.82. The summed E-state index contributed by atoms with van der Waals surface area (Å²) < 4.78 is 34.0. The second-order valence-electron chi connectivity index (χ2n) is 9.61. The van der Waals surface area contributed by atoms with E-state index in [-0.39, 0.29) is 29.1 Å². The number of hydrogen-bond donors (Lipinski definition) is 1. The second kappa shape index (κ2) is 13.7. The van der Waals surface area contributed by atoms with Gasteiger partial charge in [-0.2, -0.15) is 0 Å². The number of aryl methyl sites for hydroxylation is 1. The van der Waals surface area contributed by atoms with Crippen LogP contribution in [0, 0.1) is 6.92 Å². The smallest absolute Gasteiger partial charge is 0.264 e. The number of methoxy groups -OCH3 is 1. The van der Waals surface area contributed by atoms with E-state index in [0.717, 1.165) is 21.9 Å². The van der Waals surface area contributed by atoms with Gasteiger partial charge in [-0.15, -0.1) is 0 Å². The number of nitrogens with one attached hydrogen (secondary N) is 1. The average molecular weight is 586 g/mol. The topological polar surface area (TPSA) is 96.0 Å². The van der Waals surface area contributed by atoms with Crippen molar-refractivity contribution in [3.63, 3.8) is 0 Å². The summed E-state index contributed by atoms with van der Waals surface area (Å²) in [6, 6.07) is 18.9. The minimum atomic E-state index is -4.20. The van der Waals surface area contributed by atoms with Gasteiger partial charge in [-0.1, -0.05) is 48.9 Å². The van der Waals surface area contributed by atoms with Gasteiger partial charge in [-0.05, 0) is 80.8 Å². The molecule has 2 amide bonds. The Morgan fingerprint density at radius 1 is 1.00 bits per heavy atom. The molecule has 214 valence electrons. The Kier molecular flexibility index (Phi) is 10.6. The van der Waals surface area contributed by atoms with Crippen LogP contribution in [-0.4, -0.2) is 50.9 Å². The summed E-state index contributed by atoms with van der Waals surface area (Å²) in [6.07, 6.45) is 0.729. The van der Waals surface area contributed by atoms with Gasteiger partial charge in [0.1, 0.15) is 18.3 Å². The van der Waals surface area contributed by atoms with Crippen LogP contribution in [0.25, 0.3) is 0 Å². The van der Waals surface area contributed by atoms with E-state index in [4.69, 9.17) is 16.3 Å².